The van der Waals surface area contributed by atoms with Crippen LogP contribution in [-0.4, -0.2) is 50.0 Å². The number of benzene rings is 2. The van der Waals surface area contributed by atoms with E-state index in [1.807, 2.05) is 34.9 Å². The van der Waals surface area contributed by atoms with E-state index in [-0.39, 0.29) is 29.3 Å². The van der Waals surface area contributed by atoms with E-state index in [0.29, 0.717) is 32.6 Å². The molecule has 0 spiro atoms. The van der Waals surface area contributed by atoms with E-state index in [1.54, 1.807) is 22.9 Å². The first-order valence-corrected chi connectivity index (χ1v) is 12.9. The number of aromatic hydroxyl groups is 1. The van der Waals surface area contributed by atoms with E-state index in [0.717, 1.165) is 34.5 Å². The molecule has 1 saturated carbocycles. The molecule has 0 amide bonds. The lowest BCUT2D eigenvalue weighted by Crippen LogP contribution is -2.26. The largest absolute Gasteiger partial charge is 0.492 e. The topological polar surface area (TPSA) is 143 Å². The SMILES string of the molecule is O=c1cc(-c2cc(Cl)ccc2-n2cnnn2)cc2n1C(c1nc(Cl)c(-c3ccc4[nH]nc(O)c4c3)[nH]1)C1CC21. The molecule has 5 heterocycles. The molecule has 2 aliphatic rings. The van der Waals surface area contributed by atoms with Crippen molar-refractivity contribution in [3.63, 3.8) is 0 Å². The van der Waals surface area contributed by atoms with Crippen LogP contribution in [0.5, 0.6) is 5.88 Å². The highest BCUT2D eigenvalue weighted by Crippen LogP contribution is 2.60. The van der Waals surface area contributed by atoms with Crippen LogP contribution in [0.2, 0.25) is 10.2 Å². The molecule has 13 heteroatoms. The first-order valence-electron chi connectivity index (χ1n) is 12.2. The van der Waals surface area contributed by atoms with Crippen molar-refractivity contribution in [3.05, 3.63) is 86.9 Å². The monoisotopic (exact) mass is 557 g/mol. The summed E-state index contributed by atoms with van der Waals surface area (Å²) in [6.45, 7) is 0. The van der Waals surface area contributed by atoms with Gasteiger partial charge in [0.15, 0.2) is 5.15 Å². The van der Waals surface area contributed by atoms with Crippen LogP contribution in [0.4, 0.5) is 0 Å². The van der Waals surface area contributed by atoms with Crippen molar-refractivity contribution < 1.29 is 5.11 Å². The number of rotatable bonds is 4. The molecule has 11 nitrogen and oxygen atoms in total. The molecule has 192 valence electrons. The molecule has 4 aromatic heterocycles. The Morgan fingerprint density at radius 3 is 2.79 bits per heavy atom. The van der Waals surface area contributed by atoms with Crippen LogP contribution in [0, 0.1) is 5.92 Å². The van der Waals surface area contributed by atoms with Crippen LogP contribution in [0.3, 0.4) is 0 Å². The van der Waals surface area contributed by atoms with Crippen molar-refractivity contribution >= 4 is 34.1 Å². The van der Waals surface area contributed by atoms with E-state index in [2.05, 4.69) is 35.7 Å². The number of imidazole rings is 1. The lowest BCUT2D eigenvalue weighted by atomic mass is 10.0. The van der Waals surface area contributed by atoms with Crippen molar-refractivity contribution in [2.24, 2.45) is 5.92 Å². The van der Waals surface area contributed by atoms with Crippen LogP contribution in [0.1, 0.15) is 29.9 Å². The third-order valence-electron chi connectivity index (χ3n) is 7.66. The average molecular weight is 558 g/mol. The second-order valence-corrected chi connectivity index (χ2v) is 10.6. The van der Waals surface area contributed by atoms with E-state index in [9.17, 15) is 9.90 Å². The molecular weight excluding hydrogens is 541 g/mol. The van der Waals surface area contributed by atoms with Gasteiger partial charge >= 0.3 is 0 Å². The Bertz CT molecular complexity index is 1990. The fourth-order valence-corrected chi connectivity index (χ4v) is 6.25. The summed E-state index contributed by atoms with van der Waals surface area (Å²) in [5.41, 5.74) is 5.13. The van der Waals surface area contributed by atoms with Gasteiger partial charge < -0.3 is 14.7 Å². The zero-order chi connectivity index (χ0) is 26.4. The first-order chi connectivity index (χ1) is 19.0. The number of nitrogens with zero attached hydrogens (tertiary/aromatic N) is 7. The second-order valence-electron chi connectivity index (χ2n) is 9.84. The predicted octanol–water partition coefficient (Wildman–Crippen LogP) is 4.48. The van der Waals surface area contributed by atoms with Gasteiger partial charge in [0.25, 0.3) is 5.56 Å². The number of fused-ring (bicyclic) bond motifs is 4. The lowest BCUT2D eigenvalue weighted by Gasteiger charge is -2.17. The van der Waals surface area contributed by atoms with E-state index >= 15 is 0 Å². The summed E-state index contributed by atoms with van der Waals surface area (Å²) >= 11 is 12.9. The van der Waals surface area contributed by atoms with Gasteiger partial charge in [-0.05, 0) is 64.7 Å². The van der Waals surface area contributed by atoms with Crippen LogP contribution < -0.4 is 5.56 Å². The van der Waals surface area contributed by atoms with Gasteiger partial charge in [0, 0.05) is 33.8 Å². The van der Waals surface area contributed by atoms with Gasteiger partial charge in [-0.15, -0.1) is 10.2 Å². The van der Waals surface area contributed by atoms with Crippen molar-refractivity contribution in [1.29, 1.82) is 0 Å². The summed E-state index contributed by atoms with van der Waals surface area (Å²) in [7, 11) is 0. The molecule has 3 N–H and O–H groups in total. The Hall–Kier alpha value is -4.48. The molecule has 39 heavy (non-hydrogen) atoms. The zero-order valence-electron chi connectivity index (χ0n) is 19.9. The average Bonchev–Trinajstić information content (AvgIpc) is 3.30. The molecule has 6 aromatic rings. The maximum Gasteiger partial charge on any atom is 0.252 e. The van der Waals surface area contributed by atoms with Gasteiger partial charge in [-0.3, -0.25) is 9.89 Å². The van der Waals surface area contributed by atoms with Gasteiger partial charge in [-0.1, -0.05) is 29.3 Å². The smallest absolute Gasteiger partial charge is 0.252 e. The Balaban J connectivity index is 1.22. The number of hydrogen-bond acceptors (Lipinski definition) is 7. The summed E-state index contributed by atoms with van der Waals surface area (Å²) < 4.78 is 3.36. The number of H-pyrrole nitrogens is 2. The third-order valence-corrected chi connectivity index (χ3v) is 8.16. The highest BCUT2D eigenvalue weighted by molar-refractivity contribution is 6.32. The van der Waals surface area contributed by atoms with Crippen LogP contribution in [0.25, 0.3) is 39.0 Å². The fraction of sp³-hybridized carbons (Fsp3) is 0.154. The van der Waals surface area contributed by atoms with Gasteiger partial charge in [-0.25, -0.2) is 4.98 Å². The summed E-state index contributed by atoms with van der Waals surface area (Å²) in [4.78, 5) is 21.6. The Kier molecular flexibility index (Phi) is 4.62. The van der Waals surface area contributed by atoms with Crippen LogP contribution in [-0.2, 0) is 0 Å². The standard InChI is InChI=1S/C26H17Cl2N9O2/c27-13-2-4-19(36-10-29-34-35-36)14(8-13)12-6-20-15-9-16(15)23(37(20)21(38)7-12)25-30-22(24(28)31-25)11-1-3-18-17(5-11)26(39)33-32-18/h1-8,10,15-16,23H,9H2,(H,30,31)(H2,32,33,39). The number of nitrogens with one attached hydrogen (secondary N) is 2. The van der Waals surface area contributed by atoms with Crippen molar-refractivity contribution in [2.45, 2.75) is 18.4 Å². The van der Waals surface area contributed by atoms with Gasteiger partial charge in [0.1, 0.15) is 12.2 Å². The Morgan fingerprint density at radius 1 is 1.05 bits per heavy atom. The third kappa shape index (κ3) is 3.36. The zero-order valence-corrected chi connectivity index (χ0v) is 21.4. The molecule has 1 fully saturated rings. The minimum absolute atomic E-state index is 0.0847. The lowest BCUT2D eigenvalue weighted by molar-refractivity contribution is 0.457. The molecule has 8 rings (SSSR count). The predicted molar refractivity (Wildman–Crippen MR) is 143 cm³/mol. The number of pyridine rings is 1. The summed E-state index contributed by atoms with van der Waals surface area (Å²) in [5, 5.41) is 29.6. The molecular formula is C26H17Cl2N9O2. The molecule has 1 aliphatic carbocycles. The van der Waals surface area contributed by atoms with E-state index in [4.69, 9.17) is 23.2 Å². The molecule has 3 unspecified atom stereocenters. The molecule has 3 atom stereocenters. The van der Waals surface area contributed by atoms with Crippen LogP contribution in [0.15, 0.2) is 59.7 Å². The van der Waals surface area contributed by atoms with Gasteiger partial charge in [0.2, 0.25) is 5.88 Å². The number of tetrazole rings is 1. The molecule has 0 radical (unpaired) electrons. The fourth-order valence-electron chi connectivity index (χ4n) is 5.83. The number of aromatic nitrogens is 9. The highest BCUT2D eigenvalue weighted by atomic mass is 35.5. The van der Waals surface area contributed by atoms with Gasteiger partial charge in [-0.2, -0.15) is 4.68 Å². The summed E-state index contributed by atoms with van der Waals surface area (Å²) in [6, 6.07) is 14.3. The number of hydrogen-bond donors (Lipinski definition) is 3. The first kappa shape index (κ1) is 22.5. The minimum atomic E-state index is -0.262. The van der Waals surface area contributed by atoms with Gasteiger partial charge in [0.05, 0.1) is 28.3 Å². The van der Waals surface area contributed by atoms with Crippen LogP contribution >= 0.6 is 23.2 Å². The second kappa shape index (κ2) is 8.01. The Morgan fingerprint density at radius 2 is 1.95 bits per heavy atom. The molecule has 0 saturated heterocycles. The van der Waals surface area contributed by atoms with Crippen molar-refractivity contribution in [3.8, 4) is 34.0 Å². The van der Waals surface area contributed by atoms with Crippen molar-refractivity contribution in [2.75, 3.05) is 0 Å². The normalized spacial score (nSPS) is 19.4. The molecule has 1 aliphatic heterocycles. The summed E-state index contributed by atoms with van der Waals surface area (Å²) in [5.74, 6) is 1.02. The molecule has 0 bridgehead atoms. The summed E-state index contributed by atoms with van der Waals surface area (Å²) in [6.07, 6.45) is 2.45. The Labute approximate surface area is 229 Å². The maximum absolute atomic E-state index is 13.6. The van der Waals surface area contributed by atoms with Crippen molar-refractivity contribution in [1.82, 2.24) is 44.9 Å². The quantitative estimate of drug-likeness (QED) is 0.290. The number of aromatic amines is 2. The minimum Gasteiger partial charge on any atom is -0.492 e. The van der Waals surface area contributed by atoms with E-state index in [1.165, 1.54) is 6.33 Å². The van der Waals surface area contributed by atoms with E-state index < -0.39 is 0 Å². The highest BCUT2D eigenvalue weighted by Gasteiger charge is 2.54. The number of halogens is 2. The molecule has 2 aromatic carbocycles. The maximum atomic E-state index is 13.6.